The number of carbonyl (C=O) groups is 1. The van der Waals surface area contributed by atoms with Gasteiger partial charge in [0.05, 0.1) is 5.54 Å². The molecule has 0 aliphatic carbocycles. The van der Waals surface area contributed by atoms with Crippen molar-refractivity contribution in [2.24, 2.45) is 5.92 Å². The molecule has 0 aromatic heterocycles. The molecule has 3 rings (SSSR count). The van der Waals surface area contributed by atoms with Crippen LogP contribution < -0.4 is 5.32 Å². The fourth-order valence-electron chi connectivity index (χ4n) is 3.56. The molecule has 0 fully saturated rings. The highest BCUT2D eigenvalue weighted by molar-refractivity contribution is 5.74. The van der Waals surface area contributed by atoms with Crippen LogP contribution in [0.5, 0.6) is 0 Å². The Morgan fingerprint density at radius 3 is 1.33 bits per heavy atom. The van der Waals surface area contributed by atoms with Gasteiger partial charge in [-0.3, -0.25) is 10.1 Å². The van der Waals surface area contributed by atoms with Crippen LogP contribution >= 0.6 is 0 Å². The third kappa shape index (κ3) is 3.79. The number of nitrogens with one attached hydrogen (secondary N) is 1. The zero-order chi connectivity index (χ0) is 19.3. The van der Waals surface area contributed by atoms with Crippen molar-refractivity contribution in [3.05, 3.63) is 108 Å². The van der Waals surface area contributed by atoms with Gasteiger partial charge in [0.1, 0.15) is 6.04 Å². The summed E-state index contributed by atoms with van der Waals surface area (Å²) in [7, 11) is 0. The molecule has 3 aromatic carbocycles. The average molecular weight is 359 g/mol. The summed E-state index contributed by atoms with van der Waals surface area (Å²) in [6, 6.07) is 29.4. The van der Waals surface area contributed by atoms with Crippen LogP contribution in [-0.4, -0.2) is 17.1 Å². The van der Waals surface area contributed by atoms with Crippen LogP contribution in [0.1, 0.15) is 30.5 Å². The summed E-state index contributed by atoms with van der Waals surface area (Å²) in [5, 5.41) is 13.4. The fourth-order valence-corrected chi connectivity index (χ4v) is 3.56. The van der Waals surface area contributed by atoms with Gasteiger partial charge in [0.25, 0.3) is 0 Å². The first-order valence-corrected chi connectivity index (χ1v) is 9.23. The van der Waals surface area contributed by atoms with Crippen molar-refractivity contribution in [2.45, 2.75) is 25.4 Å². The molecule has 0 saturated carbocycles. The first-order chi connectivity index (χ1) is 13.1. The first-order valence-electron chi connectivity index (χ1n) is 9.23. The Hall–Kier alpha value is -2.91. The zero-order valence-electron chi connectivity index (χ0n) is 15.7. The fraction of sp³-hybridized carbons (Fsp3) is 0.208. The molecule has 0 aliphatic rings. The number of benzene rings is 3. The minimum absolute atomic E-state index is 0.0713. The van der Waals surface area contributed by atoms with E-state index in [1.54, 1.807) is 0 Å². The monoisotopic (exact) mass is 359 g/mol. The number of hydrogen-bond acceptors (Lipinski definition) is 2. The summed E-state index contributed by atoms with van der Waals surface area (Å²) in [6.45, 7) is 3.86. The molecule has 0 aliphatic heterocycles. The Morgan fingerprint density at radius 2 is 1.07 bits per heavy atom. The predicted molar refractivity (Wildman–Crippen MR) is 109 cm³/mol. The standard InChI is InChI=1S/C24H25NO2/c1-18(2)22(23(26)27)25-24(19-12-6-3-7-13-19,20-14-8-4-9-15-20)21-16-10-5-11-17-21/h3-18,22,25H,1-2H3,(H,26,27). The Labute approximate surface area is 160 Å². The van der Waals surface area contributed by atoms with Crippen LogP contribution in [0.25, 0.3) is 0 Å². The van der Waals surface area contributed by atoms with Crippen LogP contribution in [0.15, 0.2) is 91.0 Å². The molecular weight excluding hydrogens is 334 g/mol. The largest absolute Gasteiger partial charge is 0.480 e. The highest BCUT2D eigenvalue weighted by Gasteiger charge is 2.40. The molecule has 0 bridgehead atoms. The lowest BCUT2D eigenvalue weighted by Gasteiger charge is -2.40. The van der Waals surface area contributed by atoms with Crippen molar-refractivity contribution in [1.29, 1.82) is 0 Å². The van der Waals surface area contributed by atoms with Crippen molar-refractivity contribution >= 4 is 5.97 Å². The maximum absolute atomic E-state index is 12.1. The van der Waals surface area contributed by atoms with E-state index < -0.39 is 17.6 Å². The van der Waals surface area contributed by atoms with Gasteiger partial charge in [-0.2, -0.15) is 0 Å². The summed E-state index contributed by atoms with van der Waals surface area (Å²) in [6.07, 6.45) is 0. The Kier molecular flexibility index (Phi) is 5.72. The van der Waals surface area contributed by atoms with E-state index in [0.717, 1.165) is 16.7 Å². The normalized spacial score (nSPS) is 12.7. The third-order valence-electron chi connectivity index (χ3n) is 4.93. The van der Waals surface area contributed by atoms with Crippen LogP contribution in [0.4, 0.5) is 0 Å². The second-order valence-corrected chi connectivity index (χ2v) is 7.05. The van der Waals surface area contributed by atoms with E-state index >= 15 is 0 Å². The lowest BCUT2D eigenvalue weighted by Crippen LogP contribution is -2.54. The number of aliphatic carboxylic acids is 1. The van der Waals surface area contributed by atoms with Crippen molar-refractivity contribution in [2.75, 3.05) is 0 Å². The number of carboxylic acid groups (broad SMARTS) is 1. The van der Waals surface area contributed by atoms with Crippen LogP contribution in [0, 0.1) is 5.92 Å². The van der Waals surface area contributed by atoms with Gasteiger partial charge in [0.2, 0.25) is 0 Å². The molecule has 1 unspecified atom stereocenters. The zero-order valence-corrected chi connectivity index (χ0v) is 15.7. The van der Waals surface area contributed by atoms with Gasteiger partial charge in [-0.1, -0.05) is 105 Å². The number of hydrogen-bond donors (Lipinski definition) is 2. The maximum atomic E-state index is 12.1. The molecule has 0 saturated heterocycles. The summed E-state index contributed by atoms with van der Waals surface area (Å²) < 4.78 is 0. The average Bonchev–Trinajstić information content (AvgIpc) is 2.70. The van der Waals surface area contributed by atoms with Gasteiger partial charge < -0.3 is 5.11 Å². The van der Waals surface area contributed by atoms with E-state index in [1.165, 1.54) is 0 Å². The van der Waals surface area contributed by atoms with Crippen LogP contribution in [-0.2, 0) is 10.3 Å². The molecule has 3 nitrogen and oxygen atoms in total. The van der Waals surface area contributed by atoms with E-state index in [0.29, 0.717) is 0 Å². The molecule has 3 heteroatoms. The topological polar surface area (TPSA) is 49.3 Å². The smallest absolute Gasteiger partial charge is 0.321 e. The van der Waals surface area contributed by atoms with Crippen molar-refractivity contribution in [1.82, 2.24) is 5.32 Å². The molecule has 138 valence electrons. The van der Waals surface area contributed by atoms with Crippen LogP contribution in [0.3, 0.4) is 0 Å². The van der Waals surface area contributed by atoms with Crippen molar-refractivity contribution in [3.63, 3.8) is 0 Å². The minimum Gasteiger partial charge on any atom is -0.480 e. The highest BCUT2D eigenvalue weighted by atomic mass is 16.4. The summed E-state index contributed by atoms with van der Waals surface area (Å²) in [5.41, 5.74) is 2.26. The van der Waals surface area contributed by atoms with Crippen LogP contribution in [0.2, 0.25) is 0 Å². The molecule has 0 heterocycles. The van der Waals surface area contributed by atoms with Gasteiger partial charge in [0, 0.05) is 0 Å². The summed E-state index contributed by atoms with van der Waals surface area (Å²) >= 11 is 0. The lowest BCUT2D eigenvalue weighted by atomic mass is 9.76. The predicted octanol–water partition coefficient (Wildman–Crippen LogP) is 4.68. The van der Waals surface area contributed by atoms with E-state index in [4.69, 9.17) is 0 Å². The minimum atomic E-state index is -0.850. The van der Waals surface area contributed by atoms with E-state index in [9.17, 15) is 9.90 Å². The van der Waals surface area contributed by atoms with Gasteiger partial charge >= 0.3 is 5.97 Å². The van der Waals surface area contributed by atoms with Gasteiger partial charge in [-0.05, 0) is 22.6 Å². The van der Waals surface area contributed by atoms with Gasteiger partial charge in [-0.25, -0.2) is 0 Å². The number of rotatable bonds is 7. The molecule has 27 heavy (non-hydrogen) atoms. The highest BCUT2D eigenvalue weighted by Crippen LogP contribution is 2.37. The molecule has 2 N–H and O–H groups in total. The van der Waals surface area contributed by atoms with Gasteiger partial charge in [0.15, 0.2) is 0 Å². The molecular formula is C24H25NO2. The Bertz CT molecular complexity index is 764. The summed E-state index contributed by atoms with van der Waals surface area (Å²) in [4.78, 5) is 12.1. The first kappa shape index (κ1) is 18.9. The quantitative estimate of drug-likeness (QED) is 0.602. The molecule has 0 spiro atoms. The Balaban J connectivity index is 2.30. The molecule has 1 atom stereocenters. The van der Waals surface area contributed by atoms with Gasteiger partial charge in [-0.15, -0.1) is 0 Å². The summed E-state index contributed by atoms with van der Waals surface area (Å²) in [5.74, 6) is -0.921. The SMILES string of the molecule is CC(C)C(NC(c1ccccc1)(c1ccccc1)c1ccccc1)C(=O)O. The lowest BCUT2D eigenvalue weighted by molar-refractivity contribution is -0.141. The van der Waals surface area contributed by atoms with Crippen molar-refractivity contribution < 1.29 is 9.90 Å². The third-order valence-corrected chi connectivity index (χ3v) is 4.93. The van der Waals surface area contributed by atoms with E-state index in [-0.39, 0.29) is 5.92 Å². The molecule has 0 radical (unpaired) electrons. The second-order valence-electron chi connectivity index (χ2n) is 7.05. The Morgan fingerprint density at radius 1 is 0.741 bits per heavy atom. The number of carboxylic acids is 1. The second kappa shape index (κ2) is 8.19. The maximum Gasteiger partial charge on any atom is 0.321 e. The van der Waals surface area contributed by atoms with Crippen molar-refractivity contribution in [3.8, 4) is 0 Å². The van der Waals surface area contributed by atoms with E-state index in [1.807, 2.05) is 105 Å². The van der Waals surface area contributed by atoms with E-state index in [2.05, 4.69) is 5.32 Å². The molecule has 3 aromatic rings. The molecule has 0 amide bonds.